The van der Waals surface area contributed by atoms with Crippen molar-refractivity contribution in [1.82, 2.24) is 14.5 Å². The van der Waals surface area contributed by atoms with Gasteiger partial charge in [0.1, 0.15) is 23.2 Å². The normalized spacial score (nSPS) is 21.0. The number of thioether (sulfide) groups is 1. The summed E-state index contributed by atoms with van der Waals surface area (Å²) >= 11 is 1.56. The number of rotatable bonds is 3. The molecule has 2 aromatic carbocycles. The van der Waals surface area contributed by atoms with Crippen LogP contribution in [0, 0.1) is 18.6 Å². The van der Waals surface area contributed by atoms with Crippen molar-refractivity contribution < 1.29 is 18.4 Å². The average Bonchev–Trinajstić information content (AvgIpc) is 3.09. The zero-order chi connectivity index (χ0) is 26.7. The second-order valence-corrected chi connectivity index (χ2v) is 11.2. The Bertz CT molecular complexity index is 1570. The van der Waals surface area contributed by atoms with Gasteiger partial charge < -0.3 is 9.80 Å². The molecule has 7 nitrogen and oxygen atoms in total. The predicted octanol–water partition coefficient (Wildman–Crippen LogP) is 4.08. The van der Waals surface area contributed by atoms with Gasteiger partial charge in [-0.2, -0.15) is 4.98 Å². The van der Waals surface area contributed by atoms with Gasteiger partial charge in [-0.1, -0.05) is 6.58 Å². The quantitative estimate of drug-likeness (QED) is 0.470. The fourth-order valence-electron chi connectivity index (χ4n) is 6.17. The molecule has 0 radical (unpaired) electrons. The van der Waals surface area contributed by atoms with Crippen molar-refractivity contribution in [2.75, 3.05) is 23.7 Å². The molecule has 2 saturated heterocycles. The van der Waals surface area contributed by atoms with Crippen molar-refractivity contribution in [3.8, 4) is 11.1 Å². The summed E-state index contributed by atoms with van der Waals surface area (Å²) in [4.78, 5) is 47.4. The highest BCUT2D eigenvalue weighted by molar-refractivity contribution is 7.99. The molecule has 38 heavy (non-hydrogen) atoms. The van der Waals surface area contributed by atoms with E-state index in [0.717, 1.165) is 34.1 Å². The van der Waals surface area contributed by atoms with Crippen molar-refractivity contribution in [3.63, 3.8) is 0 Å². The van der Waals surface area contributed by atoms with Gasteiger partial charge in [-0.15, -0.1) is 11.8 Å². The first-order valence-electron chi connectivity index (χ1n) is 12.6. The van der Waals surface area contributed by atoms with Crippen molar-refractivity contribution in [1.29, 1.82) is 0 Å². The molecular weight excluding hydrogens is 510 g/mol. The molecule has 0 N–H and O–H groups in total. The van der Waals surface area contributed by atoms with Gasteiger partial charge in [-0.05, 0) is 48.9 Å². The van der Waals surface area contributed by atoms with Gasteiger partial charge in [-0.3, -0.25) is 14.2 Å². The van der Waals surface area contributed by atoms with E-state index in [1.54, 1.807) is 21.2 Å². The number of anilines is 1. The Hall–Kier alpha value is -3.53. The second kappa shape index (κ2) is 9.34. The number of hydrogen-bond donors (Lipinski definition) is 0. The summed E-state index contributed by atoms with van der Waals surface area (Å²) in [6.45, 7) is 6.71. The smallest absolute Gasteiger partial charge is 0.350 e. The van der Waals surface area contributed by atoms with Crippen LogP contribution in [0.3, 0.4) is 0 Å². The Morgan fingerprint density at radius 3 is 2.58 bits per heavy atom. The van der Waals surface area contributed by atoms with Gasteiger partial charge in [0.2, 0.25) is 5.91 Å². The van der Waals surface area contributed by atoms with E-state index in [1.807, 2.05) is 17.9 Å². The van der Waals surface area contributed by atoms with E-state index in [9.17, 15) is 23.2 Å². The van der Waals surface area contributed by atoms with E-state index in [0.29, 0.717) is 36.5 Å². The average molecular weight is 537 g/mol. The number of benzene rings is 2. The van der Waals surface area contributed by atoms with Crippen LogP contribution in [0.25, 0.3) is 22.0 Å². The number of ketones is 1. The number of carbonyl (C=O) groups is 2. The maximum Gasteiger partial charge on any atom is 0.350 e. The molecule has 196 valence electrons. The van der Waals surface area contributed by atoms with E-state index >= 15 is 0 Å². The molecular formula is C28H26F2N4O3S. The minimum atomic E-state index is -0.655. The lowest BCUT2D eigenvalue weighted by Crippen LogP contribution is -2.64. The Labute approximate surface area is 222 Å². The molecule has 1 aromatic heterocycles. The lowest BCUT2D eigenvalue weighted by atomic mass is 9.89. The largest absolute Gasteiger partial charge is 0.352 e. The number of nitrogens with zero attached hydrogens (tertiary/aromatic N) is 4. The molecule has 2 fully saturated rings. The summed E-state index contributed by atoms with van der Waals surface area (Å²) in [5, 5.41) is 0.769. The highest BCUT2D eigenvalue weighted by Crippen LogP contribution is 2.44. The SMILES string of the molecule is C=CC(=O)N1C2CC(=O)CC1CN(c1nc(=O)n3c4c(c(-c5ccc(F)cc5F)c(C)cc14)SCCC3)C2. The molecule has 1 amide bonds. The number of amides is 1. The molecule has 0 aliphatic carbocycles. The molecule has 10 heteroatoms. The summed E-state index contributed by atoms with van der Waals surface area (Å²) in [7, 11) is 0. The maximum atomic E-state index is 15.0. The van der Waals surface area contributed by atoms with Crippen molar-refractivity contribution in [2.45, 2.75) is 49.7 Å². The number of aromatic nitrogens is 2. The number of fused-ring (bicyclic) bond motifs is 2. The van der Waals surface area contributed by atoms with Crippen LogP contribution in [0.5, 0.6) is 0 Å². The van der Waals surface area contributed by atoms with Crippen LogP contribution in [0.1, 0.15) is 24.8 Å². The van der Waals surface area contributed by atoms with Crippen molar-refractivity contribution >= 4 is 40.2 Å². The van der Waals surface area contributed by atoms with Crippen LogP contribution < -0.4 is 10.6 Å². The van der Waals surface area contributed by atoms with Gasteiger partial charge in [0.15, 0.2) is 0 Å². The first-order valence-corrected chi connectivity index (χ1v) is 13.6. The van der Waals surface area contributed by atoms with Gasteiger partial charge in [0.25, 0.3) is 0 Å². The predicted molar refractivity (Wildman–Crippen MR) is 143 cm³/mol. The Kier molecular flexibility index (Phi) is 6.09. The maximum absolute atomic E-state index is 15.0. The zero-order valence-electron chi connectivity index (χ0n) is 20.9. The monoisotopic (exact) mass is 536 g/mol. The highest BCUT2D eigenvalue weighted by atomic mass is 32.2. The minimum Gasteiger partial charge on any atom is -0.352 e. The van der Waals surface area contributed by atoms with Crippen LogP contribution >= 0.6 is 11.8 Å². The van der Waals surface area contributed by atoms with Gasteiger partial charge in [0, 0.05) is 60.0 Å². The number of aryl methyl sites for hydroxylation is 2. The zero-order valence-corrected chi connectivity index (χ0v) is 21.7. The number of hydrogen-bond acceptors (Lipinski definition) is 6. The van der Waals surface area contributed by atoms with E-state index in [1.165, 1.54) is 18.2 Å². The Morgan fingerprint density at radius 2 is 1.89 bits per heavy atom. The molecule has 3 aliphatic rings. The summed E-state index contributed by atoms with van der Waals surface area (Å²) < 4.78 is 30.4. The second-order valence-electron chi connectivity index (χ2n) is 10.1. The topological polar surface area (TPSA) is 75.5 Å². The molecule has 0 saturated carbocycles. The standard InChI is InChI=1S/C28H26F2N4O3S/c1-3-23(36)34-17-11-19(35)12-18(34)14-32(13-17)27-21-9-15(2)24(20-6-5-16(29)10-22(20)30)26-25(21)33(28(37)31-27)7-4-8-38-26/h3,5-6,9-10,17-18H,1,4,7-8,11-14H2,2H3. The van der Waals surface area contributed by atoms with Gasteiger partial charge >= 0.3 is 5.69 Å². The van der Waals surface area contributed by atoms with Crippen LogP contribution in [0.15, 0.2) is 46.6 Å². The first-order chi connectivity index (χ1) is 18.3. The van der Waals surface area contributed by atoms with E-state index in [4.69, 9.17) is 0 Å². The molecule has 4 heterocycles. The minimum absolute atomic E-state index is 0.118. The number of piperazine rings is 1. The number of Topliss-reactive ketones (excluding diaryl/α,β-unsaturated/α-hetero) is 1. The fourth-order valence-corrected chi connectivity index (χ4v) is 7.42. The number of carbonyl (C=O) groups excluding carboxylic acids is 2. The van der Waals surface area contributed by atoms with E-state index in [2.05, 4.69) is 11.6 Å². The Morgan fingerprint density at radius 1 is 1.16 bits per heavy atom. The fraction of sp³-hybridized carbons (Fsp3) is 0.357. The van der Waals surface area contributed by atoms with Crippen LogP contribution in [0.4, 0.5) is 14.6 Å². The first kappa shape index (κ1) is 24.8. The number of halogens is 2. The van der Waals surface area contributed by atoms with Crippen LogP contribution in [0.2, 0.25) is 0 Å². The van der Waals surface area contributed by atoms with Crippen molar-refractivity contribution in [2.24, 2.45) is 0 Å². The third kappa shape index (κ3) is 3.93. The van der Waals surface area contributed by atoms with Crippen LogP contribution in [-0.4, -0.2) is 57.1 Å². The third-order valence-corrected chi connectivity index (χ3v) is 8.85. The third-order valence-electron chi connectivity index (χ3n) is 7.67. The summed E-state index contributed by atoms with van der Waals surface area (Å²) in [6, 6.07) is 4.81. The van der Waals surface area contributed by atoms with Gasteiger partial charge in [-0.25, -0.2) is 13.6 Å². The van der Waals surface area contributed by atoms with E-state index < -0.39 is 17.3 Å². The number of piperidine rings is 1. The molecule has 3 aromatic rings. The molecule has 6 rings (SSSR count). The summed E-state index contributed by atoms with van der Waals surface area (Å²) in [5.41, 5.74) is 2.03. The van der Waals surface area contributed by atoms with Crippen LogP contribution in [-0.2, 0) is 16.1 Å². The molecule has 2 unspecified atom stereocenters. The molecule has 3 aliphatic heterocycles. The molecule has 2 bridgehead atoms. The Balaban J connectivity index is 1.55. The summed E-state index contributed by atoms with van der Waals surface area (Å²) in [5.74, 6) is -0.144. The van der Waals surface area contributed by atoms with Crippen molar-refractivity contribution in [3.05, 3.63) is 64.6 Å². The lowest BCUT2D eigenvalue weighted by molar-refractivity contribution is -0.138. The molecule has 0 spiro atoms. The van der Waals surface area contributed by atoms with E-state index in [-0.39, 0.29) is 42.2 Å². The highest BCUT2D eigenvalue weighted by Gasteiger charge is 2.43. The summed E-state index contributed by atoms with van der Waals surface area (Å²) in [6.07, 6.45) is 2.51. The van der Waals surface area contributed by atoms with Gasteiger partial charge in [0.05, 0.1) is 17.6 Å². The molecule has 2 atom stereocenters. The lowest BCUT2D eigenvalue weighted by Gasteiger charge is -2.49.